The molecular weight excluding hydrogens is 274 g/mol. The summed E-state index contributed by atoms with van der Waals surface area (Å²) in [5.74, 6) is -1.14. The van der Waals surface area contributed by atoms with Crippen LogP contribution >= 0.6 is 0 Å². The van der Waals surface area contributed by atoms with Gasteiger partial charge < -0.3 is 19.9 Å². The molecule has 1 saturated heterocycles. The average Bonchev–Trinajstić information content (AvgIpc) is 2.49. The third-order valence-electron chi connectivity index (χ3n) is 3.27. The highest BCUT2D eigenvalue weighted by Crippen LogP contribution is 2.12. The van der Waals surface area contributed by atoms with E-state index in [4.69, 9.17) is 14.6 Å². The number of benzene rings is 1. The summed E-state index contributed by atoms with van der Waals surface area (Å²) in [4.78, 5) is 22.5. The first-order valence-electron chi connectivity index (χ1n) is 6.97. The van der Waals surface area contributed by atoms with Gasteiger partial charge in [-0.2, -0.15) is 0 Å². The molecule has 1 fully saturated rings. The fourth-order valence-electron chi connectivity index (χ4n) is 2.08. The van der Waals surface area contributed by atoms with Crippen molar-refractivity contribution >= 4 is 17.6 Å². The van der Waals surface area contributed by atoms with Crippen LogP contribution in [-0.2, 0) is 14.3 Å². The molecule has 1 aliphatic heterocycles. The Hall–Kier alpha value is -1.92. The molecule has 0 radical (unpaired) electrons. The van der Waals surface area contributed by atoms with E-state index in [9.17, 15) is 9.59 Å². The van der Waals surface area contributed by atoms with Crippen LogP contribution in [0.5, 0.6) is 0 Å². The minimum absolute atomic E-state index is 0.148. The van der Waals surface area contributed by atoms with Gasteiger partial charge in [-0.3, -0.25) is 4.79 Å². The SMILES string of the molecule is O=C(CCOC1CCOCC1)Nc1ccc(C(=O)O)cc1. The Morgan fingerprint density at radius 1 is 1.24 bits per heavy atom. The number of anilines is 1. The van der Waals surface area contributed by atoms with E-state index in [0.29, 0.717) is 25.5 Å². The topological polar surface area (TPSA) is 84.9 Å². The molecule has 1 aromatic carbocycles. The smallest absolute Gasteiger partial charge is 0.335 e. The highest BCUT2D eigenvalue weighted by atomic mass is 16.5. The summed E-state index contributed by atoms with van der Waals surface area (Å²) >= 11 is 0. The van der Waals surface area contributed by atoms with Gasteiger partial charge in [0.2, 0.25) is 5.91 Å². The number of amides is 1. The number of carbonyl (C=O) groups excluding carboxylic acids is 1. The van der Waals surface area contributed by atoms with Gasteiger partial charge in [-0.15, -0.1) is 0 Å². The summed E-state index contributed by atoms with van der Waals surface area (Å²) in [5.41, 5.74) is 0.770. The van der Waals surface area contributed by atoms with Gasteiger partial charge >= 0.3 is 5.97 Å². The maximum absolute atomic E-state index is 11.7. The van der Waals surface area contributed by atoms with Crippen LogP contribution in [0.15, 0.2) is 24.3 Å². The lowest BCUT2D eigenvalue weighted by molar-refractivity contribution is -0.118. The average molecular weight is 293 g/mol. The second-order valence-electron chi connectivity index (χ2n) is 4.86. The molecule has 1 aliphatic rings. The quantitative estimate of drug-likeness (QED) is 0.837. The van der Waals surface area contributed by atoms with Gasteiger partial charge in [0.25, 0.3) is 0 Å². The summed E-state index contributed by atoms with van der Waals surface area (Å²) in [6.45, 7) is 1.81. The number of carboxylic acids is 1. The predicted molar refractivity (Wildman–Crippen MR) is 76.4 cm³/mol. The van der Waals surface area contributed by atoms with Crippen molar-refractivity contribution in [2.45, 2.75) is 25.4 Å². The molecule has 0 unspecified atom stereocenters. The van der Waals surface area contributed by atoms with Gasteiger partial charge in [0.05, 0.1) is 24.7 Å². The first-order chi connectivity index (χ1) is 10.1. The standard InChI is InChI=1S/C15H19NO5/c17-14(7-10-21-13-5-8-20-9-6-13)16-12-3-1-11(2-4-12)15(18)19/h1-4,13H,5-10H2,(H,16,17)(H,18,19). The van der Waals surface area contributed by atoms with Crippen LogP contribution in [-0.4, -0.2) is 42.9 Å². The molecule has 0 aromatic heterocycles. The first-order valence-corrected chi connectivity index (χ1v) is 6.97. The Labute approximate surface area is 123 Å². The lowest BCUT2D eigenvalue weighted by Gasteiger charge is -2.22. The second kappa shape index (κ2) is 7.75. The van der Waals surface area contributed by atoms with E-state index in [-0.39, 0.29) is 24.0 Å². The maximum atomic E-state index is 11.7. The van der Waals surface area contributed by atoms with Crippen molar-refractivity contribution in [2.75, 3.05) is 25.1 Å². The van der Waals surface area contributed by atoms with Crippen molar-refractivity contribution in [1.82, 2.24) is 0 Å². The number of hydrogen-bond donors (Lipinski definition) is 2. The molecule has 1 amide bonds. The summed E-state index contributed by atoms with van der Waals surface area (Å²) in [5, 5.41) is 11.5. The number of rotatable bonds is 6. The lowest BCUT2D eigenvalue weighted by atomic mass is 10.1. The second-order valence-corrected chi connectivity index (χ2v) is 4.86. The normalized spacial score (nSPS) is 15.6. The van der Waals surface area contributed by atoms with E-state index in [1.54, 1.807) is 12.1 Å². The minimum Gasteiger partial charge on any atom is -0.478 e. The van der Waals surface area contributed by atoms with E-state index >= 15 is 0 Å². The number of carbonyl (C=O) groups is 2. The predicted octanol–water partition coefficient (Wildman–Crippen LogP) is 1.91. The highest BCUT2D eigenvalue weighted by molar-refractivity contribution is 5.92. The molecule has 114 valence electrons. The van der Waals surface area contributed by atoms with E-state index in [2.05, 4.69) is 5.32 Å². The van der Waals surface area contributed by atoms with E-state index in [1.165, 1.54) is 12.1 Å². The summed E-state index contributed by atoms with van der Waals surface area (Å²) in [7, 11) is 0. The molecule has 0 atom stereocenters. The van der Waals surface area contributed by atoms with E-state index < -0.39 is 5.97 Å². The van der Waals surface area contributed by atoms with Crippen molar-refractivity contribution < 1.29 is 24.2 Å². The van der Waals surface area contributed by atoms with E-state index in [0.717, 1.165) is 12.8 Å². The lowest BCUT2D eigenvalue weighted by Crippen LogP contribution is -2.25. The molecule has 2 N–H and O–H groups in total. The van der Waals surface area contributed by atoms with Crippen LogP contribution in [0, 0.1) is 0 Å². The molecular formula is C15H19NO5. The van der Waals surface area contributed by atoms with Gasteiger partial charge in [0.15, 0.2) is 0 Å². The van der Waals surface area contributed by atoms with Gasteiger partial charge in [0, 0.05) is 18.9 Å². The molecule has 0 aliphatic carbocycles. The van der Waals surface area contributed by atoms with Gasteiger partial charge in [-0.1, -0.05) is 0 Å². The number of ether oxygens (including phenoxy) is 2. The largest absolute Gasteiger partial charge is 0.478 e. The highest BCUT2D eigenvalue weighted by Gasteiger charge is 2.14. The van der Waals surface area contributed by atoms with Crippen molar-refractivity contribution in [3.63, 3.8) is 0 Å². The molecule has 1 aromatic rings. The Morgan fingerprint density at radius 3 is 2.52 bits per heavy atom. The number of nitrogens with one attached hydrogen (secondary N) is 1. The van der Waals surface area contributed by atoms with E-state index in [1.807, 2.05) is 0 Å². The maximum Gasteiger partial charge on any atom is 0.335 e. The molecule has 6 nitrogen and oxygen atoms in total. The summed E-state index contributed by atoms with van der Waals surface area (Å²) in [6.07, 6.45) is 2.20. The molecule has 1 heterocycles. The third-order valence-corrected chi connectivity index (χ3v) is 3.27. The monoisotopic (exact) mass is 293 g/mol. The molecule has 6 heteroatoms. The molecule has 2 rings (SSSR count). The van der Waals surface area contributed by atoms with Gasteiger partial charge in [-0.25, -0.2) is 4.79 Å². The fraction of sp³-hybridized carbons (Fsp3) is 0.467. The number of aromatic carboxylic acids is 1. The van der Waals surface area contributed by atoms with Gasteiger partial charge in [0.1, 0.15) is 0 Å². The Kier molecular flexibility index (Phi) is 5.71. The van der Waals surface area contributed by atoms with Gasteiger partial charge in [-0.05, 0) is 37.1 Å². The van der Waals surface area contributed by atoms with Crippen LogP contribution in [0.2, 0.25) is 0 Å². The number of hydrogen-bond acceptors (Lipinski definition) is 4. The molecule has 0 spiro atoms. The zero-order valence-corrected chi connectivity index (χ0v) is 11.7. The minimum atomic E-state index is -0.988. The molecule has 0 saturated carbocycles. The summed E-state index contributed by atoms with van der Waals surface area (Å²) in [6, 6.07) is 6.05. The van der Waals surface area contributed by atoms with Crippen molar-refractivity contribution in [2.24, 2.45) is 0 Å². The Bertz CT molecular complexity index is 479. The van der Waals surface area contributed by atoms with Crippen LogP contribution in [0.4, 0.5) is 5.69 Å². The van der Waals surface area contributed by atoms with Crippen molar-refractivity contribution in [3.8, 4) is 0 Å². The molecule has 21 heavy (non-hydrogen) atoms. The van der Waals surface area contributed by atoms with Crippen LogP contribution in [0.3, 0.4) is 0 Å². The van der Waals surface area contributed by atoms with Crippen molar-refractivity contribution in [1.29, 1.82) is 0 Å². The Balaban J connectivity index is 1.70. The zero-order valence-electron chi connectivity index (χ0n) is 11.7. The van der Waals surface area contributed by atoms with Crippen LogP contribution < -0.4 is 5.32 Å². The van der Waals surface area contributed by atoms with Crippen LogP contribution in [0.25, 0.3) is 0 Å². The zero-order chi connectivity index (χ0) is 15.1. The fourth-order valence-corrected chi connectivity index (χ4v) is 2.08. The molecule has 0 bridgehead atoms. The number of carboxylic acid groups (broad SMARTS) is 1. The summed E-state index contributed by atoms with van der Waals surface area (Å²) < 4.78 is 10.9. The van der Waals surface area contributed by atoms with Crippen LogP contribution in [0.1, 0.15) is 29.6 Å². The Morgan fingerprint density at radius 2 is 1.90 bits per heavy atom. The van der Waals surface area contributed by atoms with Crippen molar-refractivity contribution in [3.05, 3.63) is 29.8 Å². The third kappa shape index (κ3) is 5.17. The first kappa shape index (κ1) is 15.5.